The van der Waals surface area contributed by atoms with Crippen molar-refractivity contribution >= 4 is 16.9 Å². The molecule has 30 heavy (non-hydrogen) atoms. The van der Waals surface area contributed by atoms with Crippen LogP contribution in [0.4, 0.5) is 0 Å². The summed E-state index contributed by atoms with van der Waals surface area (Å²) in [5, 5.41) is 2.92. The summed E-state index contributed by atoms with van der Waals surface area (Å²) in [6.07, 6.45) is 1.17. The van der Waals surface area contributed by atoms with Crippen LogP contribution in [0.2, 0.25) is 0 Å². The molecule has 1 amide bonds. The van der Waals surface area contributed by atoms with Crippen molar-refractivity contribution in [1.82, 2.24) is 15.3 Å². The molecule has 1 aromatic heterocycles. The Hall–Kier alpha value is -3.73. The number of aromatic nitrogens is 2. The zero-order valence-corrected chi connectivity index (χ0v) is 17.0. The van der Waals surface area contributed by atoms with Gasteiger partial charge in [-0.1, -0.05) is 42.0 Å². The molecule has 5 heteroatoms. The Labute approximate surface area is 175 Å². The smallest absolute Gasteiger partial charge is 0.261 e. The highest BCUT2D eigenvalue weighted by atomic mass is 16.5. The first kappa shape index (κ1) is 19.6. The van der Waals surface area contributed by atoms with Crippen LogP contribution in [0.1, 0.15) is 18.1 Å². The fraction of sp³-hybridized carbons (Fsp3) is 0.160. The second-order valence-electron chi connectivity index (χ2n) is 7.24. The van der Waals surface area contributed by atoms with Crippen molar-refractivity contribution in [3.63, 3.8) is 0 Å². The lowest BCUT2D eigenvalue weighted by Gasteiger charge is -2.15. The highest BCUT2D eigenvalue weighted by molar-refractivity contribution is 5.80. The summed E-state index contributed by atoms with van der Waals surface area (Å²) >= 11 is 0. The van der Waals surface area contributed by atoms with Crippen LogP contribution in [0, 0.1) is 6.92 Å². The Kier molecular flexibility index (Phi) is 5.70. The molecule has 0 aliphatic rings. The molecule has 0 aliphatic heterocycles. The molecule has 1 unspecified atom stereocenters. The van der Waals surface area contributed by atoms with E-state index in [9.17, 15) is 4.79 Å². The maximum atomic E-state index is 12.4. The molecule has 150 valence electrons. The van der Waals surface area contributed by atoms with Crippen molar-refractivity contribution in [3.8, 4) is 17.0 Å². The molecule has 0 saturated carbocycles. The highest BCUT2D eigenvalue weighted by Crippen LogP contribution is 2.22. The van der Waals surface area contributed by atoms with Crippen LogP contribution in [0.15, 0.2) is 79.0 Å². The molecular weight excluding hydrogens is 374 g/mol. The highest BCUT2D eigenvalue weighted by Gasteiger charge is 2.14. The van der Waals surface area contributed by atoms with E-state index in [1.165, 1.54) is 5.56 Å². The predicted octanol–water partition coefficient (Wildman–Crippen LogP) is 4.69. The number of ether oxygens (including phenoxy) is 1. The van der Waals surface area contributed by atoms with Gasteiger partial charge in [-0.2, -0.15) is 0 Å². The van der Waals surface area contributed by atoms with Gasteiger partial charge in [0.2, 0.25) is 0 Å². The van der Waals surface area contributed by atoms with Crippen molar-refractivity contribution < 1.29 is 9.53 Å². The fourth-order valence-corrected chi connectivity index (χ4v) is 3.21. The Morgan fingerprint density at radius 3 is 2.53 bits per heavy atom. The average Bonchev–Trinajstić information content (AvgIpc) is 2.77. The van der Waals surface area contributed by atoms with E-state index in [1.54, 1.807) is 13.1 Å². The third-order valence-corrected chi connectivity index (χ3v) is 4.83. The maximum absolute atomic E-state index is 12.4. The van der Waals surface area contributed by atoms with E-state index in [-0.39, 0.29) is 5.91 Å². The van der Waals surface area contributed by atoms with Crippen LogP contribution < -0.4 is 10.1 Å². The largest absolute Gasteiger partial charge is 0.481 e. The molecule has 0 bridgehead atoms. The summed E-state index contributed by atoms with van der Waals surface area (Å²) in [6, 6.07) is 23.4. The second-order valence-corrected chi connectivity index (χ2v) is 7.24. The van der Waals surface area contributed by atoms with Gasteiger partial charge in [0, 0.05) is 12.1 Å². The number of fused-ring (bicyclic) bond motifs is 1. The number of benzene rings is 3. The third-order valence-electron chi connectivity index (χ3n) is 4.83. The molecular formula is C25H23N3O2. The van der Waals surface area contributed by atoms with E-state index in [0.717, 1.165) is 27.9 Å². The van der Waals surface area contributed by atoms with E-state index < -0.39 is 6.10 Å². The summed E-state index contributed by atoms with van der Waals surface area (Å²) in [6.45, 7) is 4.26. The molecule has 5 nitrogen and oxygen atoms in total. The molecule has 0 fully saturated rings. The first-order chi connectivity index (χ1) is 14.6. The Bertz CT molecular complexity index is 1170. The summed E-state index contributed by atoms with van der Waals surface area (Å²) in [5.41, 5.74) is 5.70. The standard InChI is InChI=1S/C25H23N3O2/c1-17-6-5-7-19(14-17)15-27-25(29)18(2)30-21-12-10-20(11-13-21)24-16-26-22-8-3-4-9-23(22)28-24/h3-14,16,18H,15H2,1-2H3,(H,27,29). The van der Waals surface area contributed by atoms with Gasteiger partial charge >= 0.3 is 0 Å². The molecule has 3 aromatic carbocycles. The number of hydrogen-bond acceptors (Lipinski definition) is 4. The lowest BCUT2D eigenvalue weighted by Crippen LogP contribution is -2.35. The molecule has 1 heterocycles. The molecule has 1 atom stereocenters. The zero-order chi connectivity index (χ0) is 20.9. The first-order valence-electron chi connectivity index (χ1n) is 9.90. The Morgan fingerprint density at radius 2 is 1.77 bits per heavy atom. The number of para-hydroxylation sites is 2. The quantitative estimate of drug-likeness (QED) is 0.513. The minimum atomic E-state index is -0.596. The normalized spacial score (nSPS) is 11.8. The van der Waals surface area contributed by atoms with Gasteiger partial charge in [-0.05, 0) is 55.8 Å². The molecule has 0 spiro atoms. The predicted molar refractivity (Wildman–Crippen MR) is 118 cm³/mol. The molecule has 4 aromatic rings. The van der Waals surface area contributed by atoms with Gasteiger partial charge in [-0.25, -0.2) is 4.98 Å². The molecule has 0 aliphatic carbocycles. The minimum Gasteiger partial charge on any atom is -0.481 e. The number of carbonyl (C=O) groups is 1. The van der Waals surface area contributed by atoms with E-state index in [1.807, 2.05) is 73.7 Å². The molecule has 0 saturated heterocycles. The van der Waals surface area contributed by atoms with E-state index in [0.29, 0.717) is 12.3 Å². The first-order valence-corrected chi connectivity index (χ1v) is 9.90. The van der Waals surface area contributed by atoms with Crippen molar-refractivity contribution in [2.24, 2.45) is 0 Å². The van der Waals surface area contributed by atoms with Crippen LogP contribution in [0.3, 0.4) is 0 Å². The van der Waals surface area contributed by atoms with Crippen molar-refractivity contribution in [2.75, 3.05) is 0 Å². The van der Waals surface area contributed by atoms with Crippen molar-refractivity contribution in [2.45, 2.75) is 26.5 Å². The van der Waals surface area contributed by atoms with Gasteiger partial charge in [0.05, 0.1) is 22.9 Å². The third kappa shape index (κ3) is 4.63. The summed E-state index contributed by atoms with van der Waals surface area (Å²) < 4.78 is 5.80. The molecule has 0 radical (unpaired) electrons. The number of hydrogen-bond donors (Lipinski definition) is 1. The van der Waals surface area contributed by atoms with Crippen LogP contribution in [0.25, 0.3) is 22.3 Å². The average molecular weight is 397 g/mol. The maximum Gasteiger partial charge on any atom is 0.261 e. The van der Waals surface area contributed by atoms with E-state index in [2.05, 4.69) is 21.4 Å². The monoisotopic (exact) mass is 397 g/mol. The molecule has 1 N–H and O–H groups in total. The summed E-state index contributed by atoms with van der Waals surface area (Å²) in [4.78, 5) is 21.5. The van der Waals surface area contributed by atoms with Gasteiger partial charge in [-0.15, -0.1) is 0 Å². The van der Waals surface area contributed by atoms with Crippen LogP contribution in [-0.2, 0) is 11.3 Å². The number of amides is 1. The number of nitrogens with zero attached hydrogens (tertiary/aromatic N) is 2. The lowest BCUT2D eigenvalue weighted by atomic mass is 10.1. The van der Waals surface area contributed by atoms with E-state index >= 15 is 0 Å². The van der Waals surface area contributed by atoms with E-state index in [4.69, 9.17) is 4.74 Å². The lowest BCUT2D eigenvalue weighted by molar-refractivity contribution is -0.127. The topological polar surface area (TPSA) is 64.1 Å². The Morgan fingerprint density at radius 1 is 1.00 bits per heavy atom. The van der Waals surface area contributed by atoms with Crippen LogP contribution >= 0.6 is 0 Å². The van der Waals surface area contributed by atoms with Gasteiger partial charge in [0.1, 0.15) is 5.75 Å². The fourth-order valence-electron chi connectivity index (χ4n) is 3.21. The number of nitrogens with one attached hydrogen (secondary N) is 1. The Balaban J connectivity index is 1.38. The zero-order valence-electron chi connectivity index (χ0n) is 17.0. The number of carbonyl (C=O) groups excluding carboxylic acids is 1. The SMILES string of the molecule is Cc1cccc(CNC(=O)C(C)Oc2ccc(-c3cnc4ccccc4n3)cc2)c1. The van der Waals surface area contributed by atoms with Crippen molar-refractivity contribution in [3.05, 3.63) is 90.1 Å². The summed E-state index contributed by atoms with van der Waals surface area (Å²) in [7, 11) is 0. The molecule has 4 rings (SSSR count). The summed E-state index contributed by atoms with van der Waals surface area (Å²) in [5.74, 6) is 0.478. The second kappa shape index (κ2) is 8.74. The van der Waals surface area contributed by atoms with Gasteiger partial charge in [-0.3, -0.25) is 9.78 Å². The minimum absolute atomic E-state index is 0.152. The number of aryl methyl sites for hydroxylation is 1. The van der Waals surface area contributed by atoms with Gasteiger partial charge < -0.3 is 10.1 Å². The van der Waals surface area contributed by atoms with Crippen molar-refractivity contribution in [1.29, 1.82) is 0 Å². The van der Waals surface area contributed by atoms with Crippen LogP contribution in [0.5, 0.6) is 5.75 Å². The van der Waals surface area contributed by atoms with Gasteiger partial charge in [0.25, 0.3) is 5.91 Å². The van der Waals surface area contributed by atoms with Crippen LogP contribution in [-0.4, -0.2) is 22.0 Å². The number of rotatable bonds is 6. The van der Waals surface area contributed by atoms with Gasteiger partial charge in [0.15, 0.2) is 6.10 Å².